The molecule has 0 unspecified atom stereocenters. The van der Waals surface area contributed by atoms with Gasteiger partial charge in [0, 0.05) is 25.5 Å². The molecule has 22 heavy (non-hydrogen) atoms. The first kappa shape index (κ1) is 17.7. The smallest absolute Gasteiger partial charge is 0.263 e. The minimum Gasteiger partial charge on any atom is -0.383 e. The molecule has 0 atom stereocenters. The number of nitriles is 1. The van der Waals surface area contributed by atoms with Gasteiger partial charge in [-0.2, -0.15) is 5.26 Å². The van der Waals surface area contributed by atoms with E-state index in [9.17, 15) is 4.79 Å². The third-order valence-corrected chi connectivity index (χ3v) is 3.11. The van der Waals surface area contributed by atoms with E-state index >= 15 is 0 Å². The first-order chi connectivity index (χ1) is 10.7. The molecule has 0 fully saturated rings. The van der Waals surface area contributed by atoms with Crippen LogP contribution in [-0.4, -0.2) is 26.2 Å². The molecular weight excluding hydrogens is 278 g/mol. The highest BCUT2D eigenvalue weighted by atomic mass is 16.5. The molecule has 1 amide bonds. The molecule has 0 bridgehead atoms. The van der Waals surface area contributed by atoms with E-state index in [-0.39, 0.29) is 5.57 Å². The molecule has 5 heteroatoms. The van der Waals surface area contributed by atoms with E-state index in [0.29, 0.717) is 13.2 Å². The molecule has 118 valence electrons. The summed E-state index contributed by atoms with van der Waals surface area (Å²) >= 11 is 0. The van der Waals surface area contributed by atoms with Gasteiger partial charge in [0.05, 0.1) is 6.61 Å². The average Bonchev–Trinajstić information content (AvgIpc) is 2.55. The van der Waals surface area contributed by atoms with E-state index in [4.69, 9.17) is 10.00 Å². The summed E-state index contributed by atoms with van der Waals surface area (Å²) in [4.78, 5) is 11.7. The Morgan fingerprint density at radius 3 is 2.68 bits per heavy atom. The van der Waals surface area contributed by atoms with Gasteiger partial charge in [-0.25, -0.2) is 0 Å². The summed E-state index contributed by atoms with van der Waals surface area (Å²) in [7, 11) is 1.55. The first-order valence-corrected chi connectivity index (χ1v) is 7.44. The number of hydrogen-bond acceptors (Lipinski definition) is 4. The van der Waals surface area contributed by atoms with Gasteiger partial charge in [-0.05, 0) is 30.5 Å². The van der Waals surface area contributed by atoms with Crippen LogP contribution in [0.1, 0.15) is 25.3 Å². The van der Waals surface area contributed by atoms with Gasteiger partial charge in [0.2, 0.25) is 0 Å². The van der Waals surface area contributed by atoms with Crippen molar-refractivity contribution in [3.05, 3.63) is 41.6 Å². The SMILES string of the molecule is CCCCc1ccc(N/C=C(/C#N)C(=O)NCCOC)cc1. The minimum atomic E-state index is -0.411. The van der Waals surface area contributed by atoms with Crippen LogP contribution >= 0.6 is 0 Å². The molecule has 0 aromatic heterocycles. The van der Waals surface area contributed by atoms with Crippen LogP contribution in [0.2, 0.25) is 0 Å². The molecule has 1 aromatic rings. The molecule has 0 saturated heterocycles. The maximum atomic E-state index is 11.7. The van der Waals surface area contributed by atoms with Crippen molar-refractivity contribution in [1.29, 1.82) is 5.26 Å². The second-order valence-electron chi connectivity index (χ2n) is 4.86. The number of anilines is 1. The molecule has 0 aliphatic carbocycles. The lowest BCUT2D eigenvalue weighted by atomic mass is 10.1. The van der Waals surface area contributed by atoms with Crippen molar-refractivity contribution in [1.82, 2.24) is 5.32 Å². The van der Waals surface area contributed by atoms with E-state index in [1.54, 1.807) is 7.11 Å². The number of amides is 1. The molecule has 0 heterocycles. The molecule has 2 N–H and O–H groups in total. The average molecular weight is 301 g/mol. The van der Waals surface area contributed by atoms with Crippen LogP contribution in [0.4, 0.5) is 5.69 Å². The number of benzene rings is 1. The van der Waals surface area contributed by atoms with Gasteiger partial charge in [-0.15, -0.1) is 0 Å². The Labute approximate surface area is 132 Å². The molecule has 0 aliphatic heterocycles. The number of methoxy groups -OCH3 is 1. The van der Waals surface area contributed by atoms with Crippen molar-refractivity contribution < 1.29 is 9.53 Å². The van der Waals surface area contributed by atoms with Crippen LogP contribution in [-0.2, 0) is 16.0 Å². The fourth-order valence-electron chi connectivity index (χ4n) is 1.81. The Morgan fingerprint density at radius 2 is 2.09 bits per heavy atom. The van der Waals surface area contributed by atoms with Gasteiger partial charge in [0.15, 0.2) is 0 Å². The molecule has 0 aliphatic rings. The van der Waals surface area contributed by atoms with Crippen molar-refractivity contribution in [2.45, 2.75) is 26.2 Å². The predicted octanol–water partition coefficient (Wildman–Crippen LogP) is 2.61. The number of ether oxygens (including phenoxy) is 1. The van der Waals surface area contributed by atoms with Gasteiger partial charge >= 0.3 is 0 Å². The lowest BCUT2D eigenvalue weighted by Gasteiger charge is -2.05. The Kier molecular flexibility index (Phi) is 8.39. The maximum absolute atomic E-state index is 11.7. The largest absolute Gasteiger partial charge is 0.383 e. The zero-order valence-electron chi connectivity index (χ0n) is 13.2. The van der Waals surface area contributed by atoms with Gasteiger partial charge in [-0.3, -0.25) is 4.79 Å². The highest BCUT2D eigenvalue weighted by Gasteiger charge is 2.07. The molecule has 0 saturated carbocycles. The fourth-order valence-corrected chi connectivity index (χ4v) is 1.81. The second kappa shape index (κ2) is 10.4. The van der Waals surface area contributed by atoms with Crippen LogP contribution in [0.15, 0.2) is 36.0 Å². The van der Waals surface area contributed by atoms with Gasteiger partial charge < -0.3 is 15.4 Å². The van der Waals surface area contributed by atoms with E-state index in [2.05, 4.69) is 29.7 Å². The third-order valence-electron chi connectivity index (χ3n) is 3.11. The normalized spacial score (nSPS) is 10.9. The Hall–Kier alpha value is -2.32. The highest BCUT2D eigenvalue weighted by Crippen LogP contribution is 2.12. The number of rotatable bonds is 9. The molecular formula is C17H23N3O2. The number of aryl methyl sites for hydroxylation is 1. The number of carbonyl (C=O) groups excluding carboxylic acids is 1. The van der Waals surface area contributed by atoms with Crippen LogP contribution in [0.3, 0.4) is 0 Å². The number of hydrogen-bond donors (Lipinski definition) is 2. The number of nitrogens with zero attached hydrogens (tertiary/aromatic N) is 1. The van der Waals surface area contributed by atoms with Crippen LogP contribution in [0.25, 0.3) is 0 Å². The Morgan fingerprint density at radius 1 is 1.36 bits per heavy atom. The summed E-state index contributed by atoms with van der Waals surface area (Å²) in [5, 5.41) is 14.6. The lowest BCUT2D eigenvalue weighted by Crippen LogP contribution is -2.28. The third kappa shape index (κ3) is 6.42. The van der Waals surface area contributed by atoms with Gasteiger partial charge in [0.1, 0.15) is 11.6 Å². The van der Waals surface area contributed by atoms with Crippen molar-refractivity contribution >= 4 is 11.6 Å². The maximum Gasteiger partial charge on any atom is 0.263 e. The second-order valence-corrected chi connectivity index (χ2v) is 4.86. The molecule has 5 nitrogen and oxygen atoms in total. The quantitative estimate of drug-likeness (QED) is 0.418. The topological polar surface area (TPSA) is 74.2 Å². The summed E-state index contributed by atoms with van der Waals surface area (Å²) < 4.78 is 4.84. The van der Waals surface area contributed by atoms with Crippen LogP contribution < -0.4 is 10.6 Å². The van der Waals surface area contributed by atoms with Crippen molar-refractivity contribution in [3.8, 4) is 6.07 Å². The zero-order valence-corrected chi connectivity index (χ0v) is 13.2. The number of carbonyl (C=O) groups is 1. The van der Waals surface area contributed by atoms with Gasteiger partial charge in [-0.1, -0.05) is 25.5 Å². The highest BCUT2D eigenvalue weighted by molar-refractivity contribution is 5.97. The standard InChI is InChI=1S/C17H23N3O2/c1-3-4-5-14-6-8-16(9-7-14)20-13-15(12-18)17(21)19-10-11-22-2/h6-9,13,20H,3-5,10-11H2,1-2H3,(H,19,21)/b15-13-. The molecule has 0 radical (unpaired) electrons. The first-order valence-electron chi connectivity index (χ1n) is 7.44. The van der Waals surface area contributed by atoms with E-state index in [0.717, 1.165) is 12.1 Å². The van der Waals surface area contributed by atoms with Crippen molar-refractivity contribution in [2.24, 2.45) is 0 Å². The van der Waals surface area contributed by atoms with Crippen molar-refractivity contribution in [2.75, 3.05) is 25.6 Å². The molecule has 1 aromatic carbocycles. The van der Waals surface area contributed by atoms with Crippen molar-refractivity contribution in [3.63, 3.8) is 0 Å². The summed E-state index contributed by atoms with van der Waals surface area (Å²) in [5.41, 5.74) is 2.16. The summed E-state index contributed by atoms with van der Waals surface area (Å²) in [6.45, 7) is 2.96. The Balaban J connectivity index is 2.56. The lowest BCUT2D eigenvalue weighted by molar-refractivity contribution is -0.117. The Bertz CT molecular complexity index is 530. The fraction of sp³-hybridized carbons (Fsp3) is 0.412. The number of unbranched alkanes of at least 4 members (excludes halogenated alkanes) is 1. The van der Waals surface area contributed by atoms with Crippen LogP contribution in [0.5, 0.6) is 0 Å². The monoisotopic (exact) mass is 301 g/mol. The van der Waals surface area contributed by atoms with Crippen LogP contribution in [0, 0.1) is 11.3 Å². The minimum absolute atomic E-state index is 0.0335. The molecule has 0 spiro atoms. The van der Waals surface area contributed by atoms with E-state index < -0.39 is 5.91 Å². The van der Waals surface area contributed by atoms with E-state index in [1.165, 1.54) is 24.6 Å². The summed E-state index contributed by atoms with van der Waals surface area (Å²) in [5.74, 6) is -0.411. The van der Waals surface area contributed by atoms with Gasteiger partial charge in [0.25, 0.3) is 5.91 Å². The predicted molar refractivity (Wildman–Crippen MR) is 87.3 cm³/mol. The zero-order chi connectivity index (χ0) is 16.2. The van der Waals surface area contributed by atoms with E-state index in [1.807, 2.05) is 18.2 Å². The summed E-state index contributed by atoms with van der Waals surface area (Å²) in [6.07, 6.45) is 4.83. The summed E-state index contributed by atoms with van der Waals surface area (Å²) in [6, 6.07) is 9.88. The molecule has 1 rings (SSSR count). The number of nitrogens with one attached hydrogen (secondary N) is 2.